The summed E-state index contributed by atoms with van der Waals surface area (Å²) in [5.74, 6) is 3.10. The number of nitrogens with one attached hydrogen (secondary N) is 1. The quantitative estimate of drug-likeness (QED) is 0.608. The number of methoxy groups -OCH3 is 1. The van der Waals surface area contributed by atoms with Crippen molar-refractivity contribution < 1.29 is 9.53 Å². The maximum atomic E-state index is 13.1. The maximum Gasteiger partial charge on any atom is 0.293 e. The molecular weight excluding hydrogens is 430 g/mol. The van der Waals surface area contributed by atoms with Crippen LogP contribution in [0.4, 0.5) is 0 Å². The predicted octanol–water partition coefficient (Wildman–Crippen LogP) is 3.29. The molecule has 0 radical (unpaired) electrons. The molecule has 8 heteroatoms. The van der Waals surface area contributed by atoms with Crippen molar-refractivity contribution in [3.63, 3.8) is 0 Å². The molecule has 4 bridgehead atoms. The molecule has 0 aliphatic heterocycles. The molecule has 1 aromatic carbocycles. The van der Waals surface area contributed by atoms with Crippen molar-refractivity contribution in [2.24, 2.45) is 23.2 Å². The highest BCUT2D eigenvalue weighted by Crippen LogP contribution is 2.61. The first-order chi connectivity index (χ1) is 16.4. The number of aromatic nitrogens is 4. The van der Waals surface area contributed by atoms with E-state index in [1.54, 1.807) is 13.2 Å². The zero-order chi connectivity index (χ0) is 23.4. The number of carbonyl (C=O) groups is 1. The second-order valence-corrected chi connectivity index (χ2v) is 10.8. The third-order valence-electron chi connectivity index (χ3n) is 8.55. The first kappa shape index (κ1) is 21.4. The molecular formula is C26H31N5O3. The van der Waals surface area contributed by atoms with Gasteiger partial charge in [0.2, 0.25) is 5.91 Å². The molecule has 4 aliphatic rings. The largest absolute Gasteiger partial charge is 0.497 e. The Kier molecular flexibility index (Phi) is 5.00. The van der Waals surface area contributed by atoms with Gasteiger partial charge in [-0.2, -0.15) is 10.2 Å². The molecule has 3 aromatic rings. The van der Waals surface area contributed by atoms with Crippen molar-refractivity contribution >= 4 is 11.4 Å². The van der Waals surface area contributed by atoms with Crippen molar-refractivity contribution in [2.45, 2.75) is 58.0 Å². The van der Waals surface area contributed by atoms with Crippen LogP contribution in [0.1, 0.15) is 45.4 Å². The van der Waals surface area contributed by atoms with Crippen LogP contribution in [0, 0.1) is 23.2 Å². The molecule has 2 aromatic heterocycles. The number of carbonyl (C=O) groups excluding carboxylic acids is 1. The van der Waals surface area contributed by atoms with E-state index in [4.69, 9.17) is 4.74 Å². The maximum absolute atomic E-state index is 13.1. The Morgan fingerprint density at radius 2 is 1.79 bits per heavy atom. The molecule has 0 unspecified atom stereocenters. The number of nitrogens with zero attached hydrogens (tertiary/aromatic N) is 4. The van der Waals surface area contributed by atoms with Crippen LogP contribution in [-0.2, 0) is 11.3 Å². The van der Waals surface area contributed by atoms with Crippen molar-refractivity contribution in [1.29, 1.82) is 0 Å². The molecule has 1 amide bonds. The molecule has 0 saturated heterocycles. The average molecular weight is 462 g/mol. The summed E-state index contributed by atoms with van der Waals surface area (Å²) in [6.07, 6.45) is 9.31. The van der Waals surface area contributed by atoms with Crippen LogP contribution >= 0.6 is 0 Å². The average Bonchev–Trinajstić information content (AvgIpc) is 3.25. The van der Waals surface area contributed by atoms with Crippen LogP contribution in [0.2, 0.25) is 0 Å². The lowest BCUT2D eigenvalue weighted by molar-refractivity contribution is -0.126. The molecule has 34 heavy (non-hydrogen) atoms. The van der Waals surface area contributed by atoms with Gasteiger partial charge in [-0.3, -0.25) is 9.59 Å². The van der Waals surface area contributed by atoms with E-state index in [2.05, 4.69) is 22.4 Å². The summed E-state index contributed by atoms with van der Waals surface area (Å²) in [5, 5.41) is 11.9. The Bertz CT molecular complexity index is 1260. The summed E-state index contributed by atoms with van der Waals surface area (Å²) in [7, 11) is 1.62. The zero-order valence-electron chi connectivity index (χ0n) is 19.7. The molecule has 4 saturated carbocycles. The molecule has 2 heterocycles. The van der Waals surface area contributed by atoms with Gasteiger partial charge < -0.3 is 10.1 Å². The fourth-order valence-electron chi connectivity index (χ4n) is 7.24. The number of hydrogen-bond acceptors (Lipinski definition) is 5. The van der Waals surface area contributed by atoms with Crippen molar-refractivity contribution in [3.05, 3.63) is 47.0 Å². The number of benzene rings is 1. The topological polar surface area (TPSA) is 90.5 Å². The fourth-order valence-corrected chi connectivity index (χ4v) is 7.24. The highest BCUT2D eigenvalue weighted by molar-refractivity contribution is 5.76. The van der Waals surface area contributed by atoms with Gasteiger partial charge in [0.1, 0.15) is 24.1 Å². The summed E-state index contributed by atoms with van der Waals surface area (Å²) >= 11 is 0. The lowest BCUT2D eigenvalue weighted by Gasteiger charge is -2.59. The van der Waals surface area contributed by atoms with Gasteiger partial charge in [0, 0.05) is 11.6 Å². The molecule has 7 rings (SSSR count). The van der Waals surface area contributed by atoms with Crippen LogP contribution in [0.3, 0.4) is 0 Å². The van der Waals surface area contributed by atoms with E-state index in [1.807, 2.05) is 24.3 Å². The van der Waals surface area contributed by atoms with Crippen LogP contribution in [0.5, 0.6) is 5.75 Å². The molecule has 4 fully saturated rings. The van der Waals surface area contributed by atoms with Gasteiger partial charge >= 0.3 is 0 Å². The van der Waals surface area contributed by atoms with E-state index in [0.717, 1.165) is 29.1 Å². The van der Waals surface area contributed by atoms with Gasteiger partial charge in [0.15, 0.2) is 0 Å². The van der Waals surface area contributed by atoms with E-state index in [9.17, 15) is 9.59 Å². The molecule has 4 aliphatic carbocycles. The van der Waals surface area contributed by atoms with Gasteiger partial charge in [-0.25, -0.2) is 9.20 Å². The van der Waals surface area contributed by atoms with Gasteiger partial charge in [0.05, 0.1) is 12.8 Å². The number of fused-ring (bicyclic) bond motifs is 1. The first-order valence-electron chi connectivity index (χ1n) is 12.3. The normalized spacial score (nSPS) is 28.2. The van der Waals surface area contributed by atoms with Crippen molar-refractivity contribution in [3.8, 4) is 17.0 Å². The number of hydrogen-bond donors (Lipinski definition) is 1. The summed E-state index contributed by atoms with van der Waals surface area (Å²) in [5.41, 5.74) is 1.83. The summed E-state index contributed by atoms with van der Waals surface area (Å²) in [6, 6.07) is 9.34. The lowest BCUT2D eigenvalue weighted by atomic mass is 9.48. The van der Waals surface area contributed by atoms with E-state index >= 15 is 0 Å². The van der Waals surface area contributed by atoms with Crippen molar-refractivity contribution in [2.75, 3.05) is 7.11 Å². The van der Waals surface area contributed by atoms with E-state index in [1.165, 1.54) is 54.0 Å². The Balaban J connectivity index is 1.18. The summed E-state index contributed by atoms with van der Waals surface area (Å²) < 4.78 is 7.90. The Labute approximate surface area is 198 Å². The first-order valence-corrected chi connectivity index (χ1v) is 12.3. The third-order valence-corrected chi connectivity index (χ3v) is 8.55. The minimum atomic E-state index is -0.327. The highest BCUT2D eigenvalue weighted by Gasteiger charge is 2.53. The van der Waals surface area contributed by atoms with Gasteiger partial charge in [-0.1, -0.05) is 0 Å². The van der Waals surface area contributed by atoms with Gasteiger partial charge in [-0.15, -0.1) is 0 Å². The Hall–Kier alpha value is -3.16. The second-order valence-electron chi connectivity index (χ2n) is 10.8. The number of amides is 1. The summed E-state index contributed by atoms with van der Waals surface area (Å²) in [6.45, 7) is 2.07. The van der Waals surface area contributed by atoms with Gasteiger partial charge in [-0.05, 0) is 98.9 Å². The lowest BCUT2D eigenvalue weighted by Crippen LogP contribution is -2.56. The van der Waals surface area contributed by atoms with Crippen molar-refractivity contribution in [1.82, 2.24) is 24.7 Å². The molecule has 178 valence electrons. The van der Waals surface area contributed by atoms with Crippen LogP contribution in [-0.4, -0.2) is 38.5 Å². The minimum Gasteiger partial charge on any atom is -0.497 e. The highest BCUT2D eigenvalue weighted by atomic mass is 16.5. The standard InChI is InChI=1S/C26H31N5O3/c1-16(26-11-17-7-18(12-26)9-19(8-17)13-26)28-24(32)14-30-25(33)23-10-22(29-31(23)15-27-30)20-3-5-21(34-2)6-4-20/h3-6,10,15-19H,7-9,11-14H2,1-2H3,(H,28,32)/t16-,17?,18?,19?,26?/m1/s1. The third kappa shape index (κ3) is 3.60. The van der Waals surface area contributed by atoms with E-state index in [-0.39, 0.29) is 29.5 Å². The predicted molar refractivity (Wildman–Crippen MR) is 127 cm³/mol. The molecule has 1 N–H and O–H groups in total. The van der Waals surface area contributed by atoms with Crippen LogP contribution < -0.4 is 15.6 Å². The second kappa shape index (κ2) is 7.96. The van der Waals surface area contributed by atoms with Crippen LogP contribution in [0.25, 0.3) is 16.8 Å². The smallest absolute Gasteiger partial charge is 0.293 e. The zero-order valence-corrected chi connectivity index (χ0v) is 19.7. The van der Waals surface area contributed by atoms with E-state index in [0.29, 0.717) is 11.2 Å². The van der Waals surface area contributed by atoms with E-state index < -0.39 is 0 Å². The number of rotatable bonds is 6. The number of ether oxygens (including phenoxy) is 1. The molecule has 8 nitrogen and oxygen atoms in total. The SMILES string of the molecule is COc1ccc(-c2cc3c(=O)n(CC(=O)N[C@H](C)C45CC6CC(CC(C6)C4)C5)ncn3n2)cc1. The summed E-state index contributed by atoms with van der Waals surface area (Å²) in [4.78, 5) is 26.0. The van der Waals surface area contributed by atoms with Gasteiger partial charge in [0.25, 0.3) is 5.56 Å². The Morgan fingerprint density at radius 3 is 2.41 bits per heavy atom. The fraction of sp³-hybridized carbons (Fsp3) is 0.538. The monoisotopic (exact) mass is 461 g/mol. The van der Waals surface area contributed by atoms with Crippen LogP contribution in [0.15, 0.2) is 41.5 Å². The minimum absolute atomic E-state index is 0.0882. The Morgan fingerprint density at radius 1 is 1.15 bits per heavy atom. The molecule has 1 atom stereocenters. The molecule has 0 spiro atoms.